The van der Waals surface area contributed by atoms with Crippen molar-refractivity contribution in [2.24, 2.45) is 11.7 Å². The standard InChI is InChI=1S/C14H22N2O2/c1-3-10(2)13(15)14(18)16-8-11-4-6-12(9-17)7-5-11/h4-7,10,13,17H,3,8-9,15H2,1-2H3,(H,16,18)/t10?,13-/m0/s1. The van der Waals surface area contributed by atoms with Gasteiger partial charge in [0.2, 0.25) is 5.91 Å². The molecule has 0 spiro atoms. The minimum atomic E-state index is -0.452. The molecule has 1 aromatic rings. The Balaban J connectivity index is 2.46. The molecule has 0 aliphatic rings. The summed E-state index contributed by atoms with van der Waals surface area (Å²) < 4.78 is 0. The molecule has 4 N–H and O–H groups in total. The molecule has 1 unspecified atom stereocenters. The fourth-order valence-electron chi connectivity index (χ4n) is 1.58. The van der Waals surface area contributed by atoms with Crippen LogP contribution in [0.5, 0.6) is 0 Å². The third kappa shape index (κ3) is 4.13. The van der Waals surface area contributed by atoms with Crippen molar-refractivity contribution in [2.45, 2.75) is 39.5 Å². The summed E-state index contributed by atoms with van der Waals surface area (Å²) in [6.07, 6.45) is 0.889. The fraction of sp³-hybridized carbons (Fsp3) is 0.500. The molecule has 1 amide bonds. The second-order valence-corrected chi connectivity index (χ2v) is 4.60. The lowest BCUT2D eigenvalue weighted by Gasteiger charge is -2.17. The van der Waals surface area contributed by atoms with E-state index in [1.807, 2.05) is 38.1 Å². The Hall–Kier alpha value is -1.39. The van der Waals surface area contributed by atoms with Crippen LogP contribution in [0.1, 0.15) is 31.4 Å². The third-order valence-electron chi connectivity index (χ3n) is 3.23. The average molecular weight is 250 g/mol. The van der Waals surface area contributed by atoms with Crippen LogP contribution in [0.15, 0.2) is 24.3 Å². The van der Waals surface area contributed by atoms with Crippen LogP contribution in [-0.2, 0) is 17.9 Å². The Bertz CT molecular complexity index is 376. The monoisotopic (exact) mass is 250 g/mol. The summed E-state index contributed by atoms with van der Waals surface area (Å²) in [5.74, 6) is 0.0670. The molecule has 4 nitrogen and oxygen atoms in total. The van der Waals surface area contributed by atoms with Gasteiger partial charge in [0.25, 0.3) is 0 Å². The van der Waals surface area contributed by atoms with E-state index in [-0.39, 0.29) is 18.4 Å². The zero-order valence-corrected chi connectivity index (χ0v) is 11.0. The van der Waals surface area contributed by atoms with E-state index < -0.39 is 6.04 Å². The van der Waals surface area contributed by atoms with E-state index in [1.54, 1.807) is 0 Å². The molecule has 0 saturated heterocycles. The number of hydrogen-bond acceptors (Lipinski definition) is 3. The molecule has 0 radical (unpaired) electrons. The van der Waals surface area contributed by atoms with Crippen LogP contribution in [0.4, 0.5) is 0 Å². The molecule has 0 aliphatic heterocycles. The van der Waals surface area contributed by atoms with Gasteiger partial charge < -0.3 is 16.2 Å². The Kier molecular flexibility index (Phi) is 5.82. The van der Waals surface area contributed by atoms with E-state index >= 15 is 0 Å². The van der Waals surface area contributed by atoms with Crippen molar-refractivity contribution in [3.8, 4) is 0 Å². The van der Waals surface area contributed by atoms with E-state index in [0.29, 0.717) is 6.54 Å². The van der Waals surface area contributed by atoms with Crippen LogP contribution in [0.2, 0.25) is 0 Å². The zero-order chi connectivity index (χ0) is 13.5. The van der Waals surface area contributed by atoms with Crippen molar-refractivity contribution in [1.82, 2.24) is 5.32 Å². The Morgan fingerprint density at radius 1 is 1.33 bits per heavy atom. The van der Waals surface area contributed by atoms with Gasteiger partial charge in [0.15, 0.2) is 0 Å². The summed E-state index contributed by atoms with van der Waals surface area (Å²) in [6.45, 7) is 4.49. The van der Waals surface area contributed by atoms with Crippen LogP contribution >= 0.6 is 0 Å². The minimum absolute atomic E-state index is 0.0333. The lowest BCUT2D eigenvalue weighted by molar-refractivity contribution is -0.123. The maximum absolute atomic E-state index is 11.8. The molecule has 18 heavy (non-hydrogen) atoms. The predicted octanol–water partition coefficient (Wildman–Crippen LogP) is 1.17. The number of nitrogens with two attached hydrogens (primary N) is 1. The summed E-state index contributed by atoms with van der Waals surface area (Å²) >= 11 is 0. The van der Waals surface area contributed by atoms with Crippen molar-refractivity contribution in [3.05, 3.63) is 35.4 Å². The van der Waals surface area contributed by atoms with Gasteiger partial charge in [0.1, 0.15) is 0 Å². The highest BCUT2D eigenvalue weighted by atomic mass is 16.3. The van der Waals surface area contributed by atoms with E-state index in [4.69, 9.17) is 10.8 Å². The van der Waals surface area contributed by atoms with Gasteiger partial charge in [0, 0.05) is 6.54 Å². The van der Waals surface area contributed by atoms with Crippen molar-refractivity contribution in [2.75, 3.05) is 0 Å². The lowest BCUT2D eigenvalue weighted by Crippen LogP contribution is -2.44. The van der Waals surface area contributed by atoms with Gasteiger partial charge in [-0.05, 0) is 17.0 Å². The highest BCUT2D eigenvalue weighted by Gasteiger charge is 2.18. The molecule has 0 fully saturated rings. The molecule has 1 rings (SSSR count). The second-order valence-electron chi connectivity index (χ2n) is 4.60. The number of carbonyl (C=O) groups is 1. The van der Waals surface area contributed by atoms with E-state index in [0.717, 1.165) is 17.5 Å². The smallest absolute Gasteiger partial charge is 0.237 e. The van der Waals surface area contributed by atoms with Gasteiger partial charge in [-0.3, -0.25) is 4.79 Å². The number of aliphatic hydroxyl groups excluding tert-OH is 1. The van der Waals surface area contributed by atoms with Gasteiger partial charge >= 0.3 is 0 Å². The first-order chi connectivity index (χ1) is 8.58. The lowest BCUT2D eigenvalue weighted by atomic mass is 9.99. The van der Waals surface area contributed by atoms with Crippen LogP contribution in [0.25, 0.3) is 0 Å². The summed E-state index contributed by atoms with van der Waals surface area (Å²) in [6, 6.07) is 7.01. The largest absolute Gasteiger partial charge is 0.392 e. The summed E-state index contributed by atoms with van der Waals surface area (Å²) in [5, 5.41) is 11.7. The number of carbonyl (C=O) groups excluding carboxylic acids is 1. The SMILES string of the molecule is CCC(C)[C@H](N)C(=O)NCc1ccc(CO)cc1. The zero-order valence-electron chi connectivity index (χ0n) is 11.0. The molecule has 0 aliphatic carbocycles. The molecule has 4 heteroatoms. The van der Waals surface area contributed by atoms with Crippen molar-refractivity contribution < 1.29 is 9.90 Å². The Labute approximate surface area is 108 Å². The Morgan fingerprint density at radius 3 is 2.39 bits per heavy atom. The first-order valence-corrected chi connectivity index (χ1v) is 6.30. The maximum atomic E-state index is 11.8. The molecule has 0 saturated carbocycles. The van der Waals surface area contributed by atoms with Gasteiger partial charge in [-0.25, -0.2) is 0 Å². The van der Waals surface area contributed by atoms with Gasteiger partial charge in [-0.2, -0.15) is 0 Å². The highest BCUT2D eigenvalue weighted by molar-refractivity contribution is 5.81. The van der Waals surface area contributed by atoms with Crippen LogP contribution in [0, 0.1) is 5.92 Å². The number of rotatable bonds is 6. The second kappa shape index (κ2) is 7.13. The van der Waals surface area contributed by atoms with Crippen LogP contribution in [0.3, 0.4) is 0 Å². The van der Waals surface area contributed by atoms with E-state index in [9.17, 15) is 4.79 Å². The first kappa shape index (κ1) is 14.7. The van der Waals surface area contributed by atoms with Crippen molar-refractivity contribution >= 4 is 5.91 Å². The molecule has 100 valence electrons. The quantitative estimate of drug-likeness (QED) is 0.709. The summed E-state index contributed by atoms with van der Waals surface area (Å²) in [4.78, 5) is 11.8. The molecular weight excluding hydrogens is 228 g/mol. The normalized spacial score (nSPS) is 14.0. The molecular formula is C14H22N2O2. The van der Waals surface area contributed by atoms with Crippen molar-refractivity contribution in [3.63, 3.8) is 0 Å². The van der Waals surface area contributed by atoms with E-state index in [1.165, 1.54) is 0 Å². The fourth-order valence-corrected chi connectivity index (χ4v) is 1.58. The number of benzene rings is 1. The highest BCUT2D eigenvalue weighted by Crippen LogP contribution is 2.07. The molecule has 0 aromatic heterocycles. The minimum Gasteiger partial charge on any atom is -0.392 e. The number of amides is 1. The number of aliphatic hydroxyl groups is 1. The average Bonchev–Trinajstić information content (AvgIpc) is 2.43. The maximum Gasteiger partial charge on any atom is 0.237 e. The van der Waals surface area contributed by atoms with Gasteiger partial charge in [0.05, 0.1) is 12.6 Å². The van der Waals surface area contributed by atoms with Crippen LogP contribution in [-0.4, -0.2) is 17.1 Å². The van der Waals surface area contributed by atoms with Crippen molar-refractivity contribution in [1.29, 1.82) is 0 Å². The summed E-state index contributed by atoms with van der Waals surface area (Å²) in [7, 11) is 0. The van der Waals surface area contributed by atoms with E-state index in [2.05, 4.69) is 5.32 Å². The Morgan fingerprint density at radius 2 is 1.89 bits per heavy atom. The molecule has 1 aromatic carbocycles. The summed E-state index contributed by atoms with van der Waals surface area (Å²) in [5.41, 5.74) is 7.70. The predicted molar refractivity (Wildman–Crippen MR) is 71.6 cm³/mol. The first-order valence-electron chi connectivity index (χ1n) is 6.30. The van der Waals surface area contributed by atoms with Gasteiger partial charge in [-0.15, -0.1) is 0 Å². The third-order valence-corrected chi connectivity index (χ3v) is 3.23. The number of nitrogens with one attached hydrogen (secondary N) is 1. The topological polar surface area (TPSA) is 75.4 Å². The molecule has 0 bridgehead atoms. The van der Waals surface area contributed by atoms with Crippen LogP contribution < -0.4 is 11.1 Å². The van der Waals surface area contributed by atoms with Gasteiger partial charge in [-0.1, -0.05) is 44.5 Å². The molecule has 2 atom stereocenters. The molecule has 0 heterocycles. The number of hydrogen-bond donors (Lipinski definition) is 3.